The molecule has 32 heavy (non-hydrogen) atoms. The highest BCUT2D eigenvalue weighted by molar-refractivity contribution is 6.30. The van der Waals surface area contributed by atoms with Crippen LogP contribution in [0.25, 0.3) is 0 Å². The van der Waals surface area contributed by atoms with Crippen molar-refractivity contribution < 1.29 is 19.4 Å². The minimum absolute atomic E-state index is 0.0889. The summed E-state index contributed by atoms with van der Waals surface area (Å²) < 4.78 is 5.67. The first-order valence-corrected chi connectivity index (χ1v) is 10.6. The van der Waals surface area contributed by atoms with Crippen LogP contribution >= 0.6 is 11.6 Å². The van der Waals surface area contributed by atoms with Crippen molar-refractivity contribution in [3.63, 3.8) is 0 Å². The van der Waals surface area contributed by atoms with Gasteiger partial charge < -0.3 is 20.1 Å². The number of rotatable bonds is 10. The van der Waals surface area contributed by atoms with Crippen molar-refractivity contribution in [2.24, 2.45) is 0 Å². The molecule has 0 aromatic heterocycles. The van der Waals surface area contributed by atoms with E-state index in [0.717, 1.165) is 5.56 Å². The zero-order chi connectivity index (χ0) is 22.8. The number of carbonyl (C=O) groups excluding carboxylic acids is 2. The summed E-state index contributed by atoms with van der Waals surface area (Å²) in [6, 6.07) is 24.3. The zero-order valence-corrected chi connectivity index (χ0v) is 18.2. The molecule has 0 aliphatic rings. The summed E-state index contributed by atoms with van der Waals surface area (Å²) in [6.45, 7) is -0.157. The van der Waals surface area contributed by atoms with Gasteiger partial charge in [-0.05, 0) is 35.4 Å². The van der Waals surface area contributed by atoms with Crippen LogP contribution in [0.2, 0.25) is 5.02 Å². The van der Waals surface area contributed by atoms with Gasteiger partial charge in [-0.2, -0.15) is 0 Å². The lowest BCUT2D eigenvalue weighted by atomic mass is 10.0. The smallest absolute Gasteiger partial charge is 0.261 e. The van der Waals surface area contributed by atoms with Crippen LogP contribution in [0, 0.1) is 0 Å². The Morgan fingerprint density at radius 2 is 1.56 bits per heavy atom. The van der Waals surface area contributed by atoms with E-state index in [0.29, 0.717) is 16.3 Å². The summed E-state index contributed by atoms with van der Waals surface area (Å²) >= 11 is 6.01. The summed E-state index contributed by atoms with van der Waals surface area (Å²) in [7, 11) is 0. The van der Waals surface area contributed by atoms with E-state index in [1.165, 1.54) is 4.90 Å². The molecular formula is C25H25ClN2O4. The molecule has 0 radical (unpaired) electrons. The van der Waals surface area contributed by atoms with Crippen molar-refractivity contribution in [1.29, 1.82) is 0 Å². The number of nitrogens with one attached hydrogen (secondary N) is 1. The lowest BCUT2D eigenvalue weighted by Gasteiger charge is -2.31. The van der Waals surface area contributed by atoms with Gasteiger partial charge in [-0.25, -0.2) is 0 Å². The van der Waals surface area contributed by atoms with Gasteiger partial charge in [0.05, 0.1) is 6.61 Å². The van der Waals surface area contributed by atoms with Gasteiger partial charge in [-0.15, -0.1) is 0 Å². The molecule has 3 aromatic carbocycles. The fourth-order valence-electron chi connectivity index (χ4n) is 3.24. The van der Waals surface area contributed by atoms with E-state index in [2.05, 4.69) is 5.32 Å². The lowest BCUT2D eigenvalue weighted by molar-refractivity contribution is -0.143. The Bertz CT molecular complexity index is 997. The quantitative estimate of drug-likeness (QED) is 0.492. The van der Waals surface area contributed by atoms with Gasteiger partial charge in [0.15, 0.2) is 6.61 Å². The highest BCUT2D eigenvalue weighted by atomic mass is 35.5. The average Bonchev–Trinajstić information content (AvgIpc) is 2.83. The summed E-state index contributed by atoms with van der Waals surface area (Å²) in [5, 5.41) is 12.4. The van der Waals surface area contributed by atoms with Crippen LogP contribution in [0.4, 0.5) is 0 Å². The number of ether oxygens (including phenoxy) is 1. The van der Waals surface area contributed by atoms with Crippen LogP contribution in [0.1, 0.15) is 17.2 Å². The number of nitrogens with zero attached hydrogens (tertiary/aromatic N) is 1. The lowest BCUT2D eigenvalue weighted by Crippen LogP contribution is -2.45. The van der Waals surface area contributed by atoms with E-state index in [4.69, 9.17) is 21.4 Å². The Morgan fingerprint density at radius 1 is 0.938 bits per heavy atom. The van der Waals surface area contributed by atoms with Crippen LogP contribution in [-0.2, 0) is 16.1 Å². The summed E-state index contributed by atoms with van der Waals surface area (Å²) in [4.78, 5) is 27.9. The summed E-state index contributed by atoms with van der Waals surface area (Å²) in [6.07, 6.45) is 0. The zero-order valence-electron chi connectivity index (χ0n) is 17.5. The summed E-state index contributed by atoms with van der Waals surface area (Å²) in [5.41, 5.74) is 1.48. The molecule has 7 heteroatoms. The van der Waals surface area contributed by atoms with E-state index in [9.17, 15) is 9.59 Å². The molecule has 0 bridgehead atoms. The first kappa shape index (κ1) is 23.3. The Kier molecular flexibility index (Phi) is 8.66. The largest absolute Gasteiger partial charge is 0.484 e. The van der Waals surface area contributed by atoms with Gasteiger partial charge >= 0.3 is 0 Å². The third-order valence-corrected chi connectivity index (χ3v) is 5.03. The Labute approximate surface area is 192 Å². The van der Waals surface area contributed by atoms with Crippen molar-refractivity contribution in [2.75, 3.05) is 19.8 Å². The minimum Gasteiger partial charge on any atom is -0.484 e. The molecule has 0 unspecified atom stereocenters. The SMILES string of the molecule is O=C(NCCO)[C@H](c1ccccc1)N(Cc1ccc(Cl)cc1)C(=O)COc1ccccc1. The number of aliphatic hydroxyl groups excluding tert-OH is 1. The van der Waals surface area contributed by atoms with Gasteiger partial charge in [0.25, 0.3) is 5.91 Å². The molecule has 0 heterocycles. The van der Waals surface area contributed by atoms with Crippen LogP contribution in [0.5, 0.6) is 5.75 Å². The minimum atomic E-state index is -0.898. The topological polar surface area (TPSA) is 78.9 Å². The molecule has 6 nitrogen and oxygen atoms in total. The number of hydrogen-bond acceptors (Lipinski definition) is 4. The van der Waals surface area contributed by atoms with E-state index >= 15 is 0 Å². The number of benzene rings is 3. The molecule has 0 aliphatic carbocycles. The third kappa shape index (κ3) is 6.57. The molecule has 2 N–H and O–H groups in total. The summed E-state index contributed by atoms with van der Waals surface area (Å²) in [5.74, 6) is -0.169. The number of para-hydroxylation sites is 1. The second-order valence-corrected chi connectivity index (χ2v) is 7.51. The predicted molar refractivity (Wildman–Crippen MR) is 123 cm³/mol. The fraction of sp³-hybridized carbons (Fsp3) is 0.200. The molecule has 166 valence electrons. The Balaban J connectivity index is 1.91. The third-order valence-electron chi connectivity index (χ3n) is 4.78. The Morgan fingerprint density at radius 3 is 2.19 bits per heavy atom. The molecule has 0 spiro atoms. The second-order valence-electron chi connectivity index (χ2n) is 7.08. The first-order valence-electron chi connectivity index (χ1n) is 10.2. The van der Waals surface area contributed by atoms with E-state index < -0.39 is 6.04 Å². The van der Waals surface area contributed by atoms with Gasteiger partial charge in [0, 0.05) is 18.1 Å². The molecule has 2 amide bonds. The molecule has 0 saturated carbocycles. The van der Waals surface area contributed by atoms with Gasteiger partial charge in [0.1, 0.15) is 11.8 Å². The maximum atomic E-state index is 13.3. The first-order chi connectivity index (χ1) is 15.6. The Hall–Kier alpha value is -3.35. The molecule has 0 aliphatic heterocycles. The van der Waals surface area contributed by atoms with Crippen LogP contribution < -0.4 is 10.1 Å². The number of aliphatic hydroxyl groups is 1. The van der Waals surface area contributed by atoms with Crippen LogP contribution in [0.3, 0.4) is 0 Å². The standard InChI is InChI=1S/C25H25ClN2O4/c26-21-13-11-19(12-14-21)17-28(23(30)18-32-22-9-5-2-6-10-22)24(25(31)27-15-16-29)20-7-3-1-4-8-20/h1-14,24,29H,15-18H2,(H,27,31)/t24-/m0/s1. The maximum Gasteiger partial charge on any atom is 0.261 e. The number of hydrogen-bond donors (Lipinski definition) is 2. The van der Waals surface area contributed by atoms with Gasteiger partial charge in [0.2, 0.25) is 5.91 Å². The van der Waals surface area contributed by atoms with Crippen LogP contribution in [-0.4, -0.2) is 41.6 Å². The number of carbonyl (C=O) groups is 2. The van der Waals surface area contributed by atoms with Crippen molar-refractivity contribution in [2.45, 2.75) is 12.6 Å². The van der Waals surface area contributed by atoms with E-state index in [1.807, 2.05) is 48.5 Å². The van der Waals surface area contributed by atoms with Crippen LogP contribution in [0.15, 0.2) is 84.9 Å². The molecule has 1 atom stereocenters. The normalized spacial score (nSPS) is 11.4. The van der Waals surface area contributed by atoms with Gasteiger partial charge in [-0.1, -0.05) is 72.3 Å². The van der Waals surface area contributed by atoms with Gasteiger partial charge in [-0.3, -0.25) is 9.59 Å². The second kappa shape index (κ2) is 11.9. The number of amides is 2. The van der Waals surface area contributed by atoms with Crippen molar-refractivity contribution >= 4 is 23.4 Å². The molecule has 0 fully saturated rings. The monoisotopic (exact) mass is 452 g/mol. The molecular weight excluding hydrogens is 428 g/mol. The molecule has 0 saturated heterocycles. The molecule has 3 aromatic rings. The number of halogens is 1. The highest BCUT2D eigenvalue weighted by Crippen LogP contribution is 2.25. The predicted octanol–water partition coefficient (Wildman–Crippen LogP) is 3.60. The van der Waals surface area contributed by atoms with Crippen molar-refractivity contribution in [3.8, 4) is 5.75 Å². The highest BCUT2D eigenvalue weighted by Gasteiger charge is 2.31. The van der Waals surface area contributed by atoms with Crippen molar-refractivity contribution in [3.05, 3.63) is 101 Å². The van der Waals surface area contributed by atoms with Crippen molar-refractivity contribution in [1.82, 2.24) is 10.2 Å². The molecule has 3 rings (SSSR count). The maximum absolute atomic E-state index is 13.3. The fourth-order valence-corrected chi connectivity index (χ4v) is 3.36. The average molecular weight is 453 g/mol. The van der Waals surface area contributed by atoms with E-state index in [1.54, 1.807) is 36.4 Å². The van der Waals surface area contributed by atoms with E-state index in [-0.39, 0.29) is 38.1 Å².